The summed E-state index contributed by atoms with van der Waals surface area (Å²) >= 11 is 0. The number of aliphatic hydroxyl groups is 2. The summed E-state index contributed by atoms with van der Waals surface area (Å²) in [4.78, 5) is 2.13. The average molecular weight is 159 g/mol. The highest BCUT2D eigenvalue weighted by atomic mass is 16.3. The van der Waals surface area contributed by atoms with Gasteiger partial charge in [0.25, 0.3) is 0 Å². The number of hydrogen-bond donors (Lipinski definition) is 2. The molecule has 66 valence electrons. The molecular formula is C8H17NO2. The molecule has 1 aliphatic rings. The first-order chi connectivity index (χ1) is 5.29. The second kappa shape index (κ2) is 4.04. The van der Waals surface area contributed by atoms with Crippen molar-refractivity contribution in [2.45, 2.75) is 31.9 Å². The zero-order chi connectivity index (χ0) is 8.27. The first-order valence-electron chi connectivity index (χ1n) is 4.32. The Bertz CT molecular complexity index is 119. The molecule has 1 saturated carbocycles. The van der Waals surface area contributed by atoms with Gasteiger partial charge in [0.1, 0.15) is 0 Å². The molecule has 0 spiro atoms. The van der Waals surface area contributed by atoms with Gasteiger partial charge in [0.05, 0.1) is 12.7 Å². The Balaban J connectivity index is 2.29. The van der Waals surface area contributed by atoms with E-state index < -0.39 is 0 Å². The van der Waals surface area contributed by atoms with Gasteiger partial charge in [0.2, 0.25) is 0 Å². The number of likely N-dealkylation sites (N-methyl/N-ethyl adjacent to an activating group) is 1. The largest absolute Gasteiger partial charge is 0.395 e. The molecule has 1 rings (SSSR count). The summed E-state index contributed by atoms with van der Waals surface area (Å²) in [5, 5.41) is 18.0. The van der Waals surface area contributed by atoms with E-state index in [1.165, 1.54) is 0 Å². The summed E-state index contributed by atoms with van der Waals surface area (Å²) in [7, 11) is 0. The van der Waals surface area contributed by atoms with Gasteiger partial charge in [-0.1, -0.05) is 6.92 Å². The number of rotatable bonds is 4. The highest BCUT2D eigenvalue weighted by Gasteiger charge is 2.32. The van der Waals surface area contributed by atoms with E-state index in [4.69, 9.17) is 5.11 Å². The van der Waals surface area contributed by atoms with Crippen molar-refractivity contribution >= 4 is 0 Å². The maximum Gasteiger partial charge on any atom is 0.0696 e. The summed E-state index contributed by atoms with van der Waals surface area (Å²) in [6.07, 6.45) is 1.85. The Labute approximate surface area is 67.6 Å². The molecule has 0 amide bonds. The Morgan fingerprint density at radius 1 is 1.45 bits per heavy atom. The lowest BCUT2D eigenvalue weighted by molar-refractivity contribution is -0.0239. The Morgan fingerprint density at radius 3 is 2.45 bits per heavy atom. The molecule has 1 aliphatic carbocycles. The van der Waals surface area contributed by atoms with Crippen LogP contribution in [0.5, 0.6) is 0 Å². The molecule has 0 saturated heterocycles. The number of hydrogen-bond acceptors (Lipinski definition) is 3. The molecule has 0 heterocycles. The van der Waals surface area contributed by atoms with Crippen LogP contribution < -0.4 is 0 Å². The highest BCUT2D eigenvalue weighted by Crippen LogP contribution is 2.24. The molecule has 0 aromatic rings. The van der Waals surface area contributed by atoms with Crippen molar-refractivity contribution in [2.24, 2.45) is 0 Å². The molecule has 11 heavy (non-hydrogen) atoms. The van der Waals surface area contributed by atoms with E-state index in [1.807, 2.05) is 0 Å². The Kier molecular flexibility index (Phi) is 3.30. The third-order valence-electron chi connectivity index (χ3n) is 2.46. The smallest absolute Gasteiger partial charge is 0.0696 e. The maximum absolute atomic E-state index is 9.31. The van der Waals surface area contributed by atoms with Crippen LogP contribution in [-0.2, 0) is 0 Å². The van der Waals surface area contributed by atoms with Gasteiger partial charge in [-0.05, 0) is 19.4 Å². The fourth-order valence-electron chi connectivity index (χ4n) is 1.58. The first kappa shape index (κ1) is 8.97. The van der Waals surface area contributed by atoms with E-state index in [1.54, 1.807) is 0 Å². The van der Waals surface area contributed by atoms with Gasteiger partial charge < -0.3 is 10.2 Å². The zero-order valence-electron chi connectivity index (χ0n) is 7.03. The van der Waals surface area contributed by atoms with Gasteiger partial charge in [-0.2, -0.15) is 0 Å². The van der Waals surface area contributed by atoms with Gasteiger partial charge in [0, 0.05) is 12.6 Å². The van der Waals surface area contributed by atoms with Gasteiger partial charge in [-0.25, -0.2) is 0 Å². The molecule has 0 aromatic carbocycles. The molecule has 2 N–H and O–H groups in total. The summed E-state index contributed by atoms with van der Waals surface area (Å²) < 4.78 is 0. The van der Waals surface area contributed by atoms with E-state index in [9.17, 15) is 5.11 Å². The van der Waals surface area contributed by atoms with Crippen molar-refractivity contribution in [3.05, 3.63) is 0 Å². The fraction of sp³-hybridized carbons (Fsp3) is 1.00. The van der Waals surface area contributed by atoms with Crippen molar-refractivity contribution in [1.29, 1.82) is 0 Å². The van der Waals surface area contributed by atoms with Crippen LogP contribution >= 0.6 is 0 Å². The van der Waals surface area contributed by atoms with Crippen molar-refractivity contribution in [3.8, 4) is 0 Å². The monoisotopic (exact) mass is 159 g/mol. The summed E-state index contributed by atoms with van der Waals surface area (Å²) in [6, 6.07) is 0.312. The van der Waals surface area contributed by atoms with E-state index in [2.05, 4.69) is 11.8 Å². The fourth-order valence-corrected chi connectivity index (χ4v) is 1.58. The quantitative estimate of drug-likeness (QED) is 0.598. The molecule has 0 radical (unpaired) electrons. The lowest BCUT2D eigenvalue weighted by Gasteiger charge is -2.40. The minimum atomic E-state index is -0.151. The minimum absolute atomic E-state index is 0.151. The summed E-state index contributed by atoms with van der Waals surface area (Å²) in [5.74, 6) is 0. The van der Waals surface area contributed by atoms with Gasteiger partial charge in [-0.3, -0.25) is 4.90 Å². The first-order valence-corrected chi connectivity index (χ1v) is 4.32. The average Bonchev–Trinajstić information content (AvgIpc) is 2.01. The van der Waals surface area contributed by atoms with Gasteiger partial charge in [0.15, 0.2) is 0 Å². The van der Waals surface area contributed by atoms with E-state index >= 15 is 0 Å². The van der Waals surface area contributed by atoms with E-state index in [-0.39, 0.29) is 12.7 Å². The normalized spacial score (nSPS) is 30.5. The van der Waals surface area contributed by atoms with Crippen LogP contribution in [0.4, 0.5) is 0 Å². The number of nitrogens with zero attached hydrogens (tertiary/aromatic N) is 1. The van der Waals surface area contributed by atoms with Crippen LogP contribution in [0.15, 0.2) is 0 Å². The highest BCUT2D eigenvalue weighted by molar-refractivity contribution is 4.88. The maximum atomic E-state index is 9.31. The Morgan fingerprint density at radius 2 is 2.18 bits per heavy atom. The van der Waals surface area contributed by atoms with Crippen LogP contribution in [0.25, 0.3) is 0 Å². The predicted octanol–water partition coefficient (Wildman–Crippen LogP) is -0.176. The van der Waals surface area contributed by atoms with Crippen LogP contribution in [0, 0.1) is 0 Å². The molecular weight excluding hydrogens is 142 g/mol. The van der Waals surface area contributed by atoms with Gasteiger partial charge in [-0.15, -0.1) is 0 Å². The molecule has 0 bridgehead atoms. The lowest BCUT2D eigenvalue weighted by atomic mass is 9.88. The summed E-state index contributed by atoms with van der Waals surface area (Å²) in [6.45, 7) is 3.86. The molecule has 2 unspecified atom stereocenters. The second-order valence-corrected chi connectivity index (χ2v) is 3.06. The molecule has 1 fully saturated rings. The third-order valence-corrected chi connectivity index (χ3v) is 2.46. The molecule has 0 aliphatic heterocycles. The topological polar surface area (TPSA) is 43.7 Å². The number of aliphatic hydroxyl groups excluding tert-OH is 2. The zero-order valence-corrected chi connectivity index (χ0v) is 7.03. The van der Waals surface area contributed by atoms with Crippen LogP contribution in [0.1, 0.15) is 19.8 Å². The predicted molar refractivity (Wildman–Crippen MR) is 43.4 cm³/mol. The molecule has 3 heteroatoms. The third kappa shape index (κ3) is 1.92. The summed E-state index contributed by atoms with van der Waals surface area (Å²) in [5.41, 5.74) is 0. The minimum Gasteiger partial charge on any atom is -0.395 e. The van der Waals surface area contributed by atoms with Crippen LogP contribution in [0.3, 0.4) is 0 Å². The molecule has 3 nitrogen and oxygen atoms in total. The second-order valence-electron chi connectivity index (χ2n) is 3.06. The SMILES string of the molecule is CCN(CCO)C1CCC1O. The van der Waals surface area contributed by atoms with E-state index in [0.29, 0.717) is 12.6 Å². The van der Waals surface area contributed by atoms with Crippen molar-refractivity contribution in [1.82, 2.24) is 4.90 Å². The van der Waals surface area contributed by atoms with E-state index in [0.717, 1.165) is 19.4 Å². The Hall–Kier alpha value is -0.120. The van der Waals surface area contributed by atoms with Crippen molar-refractivity contribution < 1.29 is 10.2 Å². The standard InChI is InChI=1S/C8H17NO2/c1-2-9(5-6-10)7-3-4-8(7)11/h7-8,10-11H,2-6H2,1H3. The molecule has 0 aromatic heterocycles. The van der Waals surface area contributed by atoms with Crippen molar-refractivity contribution in [3.63, 3.8) is 0 Å². The van der Waals surface area contributed by atoms with Crippen LogP contribution in [0.2, 0.25) is 0 Å². The molecule has 2 atom stereocenters. The van der Waals surface area contributed by atoms with Crippen molar-refractivity contribution in [2.75, 3.05) is 19.7 Å². The lowest BCUT2D eigenvalue weighted by Crippen LogP contribution is -2.51. The van der Waals surface area contributed by atoms with Crippen LogP contribution in [-0.4, -0.2) is 47.0 Å². The van der Waals surface area contributed by atoms with Gasteiger partial charge >= 0.3 is 0 Å².